The van der Waals surface area contributed by atoms with Crippen LogP contribution in [0, 0.1) is 36.5 Å². The summed E-state index contributed by atoms with van der Waals surface area (Å²) < 4.78 is 8.65. The van der Waals surface area contributed by atoms with Crippen molar-refractivity contribution in [3.05, 3.63) is 0 Å². The average Bonchev–Trinajstić information content (AvgIpc) is 2.98. The fourth-order valence-electron chi connectivity index (χ4n) is 0. The second kappa shape index (κ2) is 163. The summed E-state index contributed by atoms with van der Waals surface area (Å²) in [5, 5.41) is 25.5. The molecule has 0 atom stereocenters. The minimum absolute atomic E-state index is 0. The fraction of sp³-hybridized carbons (Fsp3) is 0.710. The van der Waals surface area contributed by atoms with E-state index < -0.39 is 11.6 Å². The topological polar surface area (TPSA) is 172 Å². The van der Waals surface area contributed by atoms with Crippen molar-refractivity contribution in [2.24, 2.45) is 0 Å². The molecule has 0 radical (unpaired) electrons. The predicted octanol–water partition coefficient (Wildman–Crippen LogP) is -2.13. The molecule has 45 heavy (non-hydrogen) atoms. The maximum Gasteiger partial charge on any atom is 1.00 e. The number of carboxylic acid groups (broad SMARTS) is 1. The smallest absolute Gasteiger partial charge is 1.00 e. The van der Waals surface area contributed by atoms with Gasteiger partial charge in [0.1, 0.15) is 5.60 Å². The zero-order chi connectivity index (χ0) is 36.7. The Morgan fingerprint density at radius 1 is 0.911 bits per heavy atom. The minimum Gasteiger partial charge on any atom is -1.00 e. The van der Waals surface area contributed by atoms with Crippen molar-refractivity contribution in [1.82, 2.24) is 0 Å². The molecule has 0 aliphatic rings. The van der Waals surface area contributed by atoms with Crippen LogP contribution in [0.2, 0.25) is 0 Å². The number of carbonyl (C=O) groups is 3. The number of aliphatic hydroxyl groups is 1. The van der Waals surface area contributed by atoms with Crippen LogP contribution in [-0.4, -0.2) is 65.9 Å². The molecule has 0 amide bonds. The third-order valence-electron chi connectivity index (χ3n) is 1.22. The summed E-state index contributed by atoms with van der Waals surface area (Å²) >= 11 is 3.15. The molecular weight excluding hydrogens is 713 g/mol. The van der Waals surface area contributed by atoms with Crippen molar-refractivity contribution < 1.29 is 183 Å². The summed E-state index contributed by atoms with van der Waals surface area (Å²) in [4.78, 5) is 29.8. The third-order valence-corrected chi connectivity index (χ3v) is 1.22. The van der Waals surface area contributed by atoms with Gasteiger partial charge < -0.3 is 36.7 Å². The van der Waals surface area contributed by atoms with Gasteiger partial charge in [-0.15, -0.1) is 30.6 Å². The minimum atomic E-state index is -0.931. The molecule has 0 saturated heterocycles. The maximum absolute atomic E-state index is 9.59. The maximum atomic E-state index is 9.59. The number of ether oxygens (including phenoxy) is 2. The Labute approximate surface area is 397 Å². The molecule has 0 heterocycles. The molecule has 10 nitrogen and oxygen atoms in total. The Kier molecular flexibility index (Phi) is 374. The van der Waals surface area contributed by atoms with Gasteiger partial charge in [-0.1, -0.05) is 84.2 Å². The molecule has 0 aromatic heterocycles. The zero-order valence-electron chi connectivity index (χ0n) is 34.2. The summed E-state index contributed by atoms with van der Waals surface area (Å²) in [7, 11) is 3.03. The molecule has 0 aromatic rings. The standard InChI is InChI=1S/C5H8O.C4H6.C3H6O2.C3H8O.C3H4.C2H5Br.C2H4O2.4C2H6.CH2O3.2K.Na.H2O.H/c1-4-5(2,3)6;1-3-4-2;1-3(4)5-2;1-3-4-2;1-3-2;1-2-3;1-2(3)4;4*1-2;2-1-4-3;;;;;/h1,6H,2-3H3;1-2H3;1-2H3;3H2,1-2H3;1H,2H3;2H2,1H3;1H3,(H,3,4);4*1-2H3;1,3H;;;;1H2;/q;;;;;;;;;;;;3*+1;;-1/p-2. The number of rotatable bonds is 2. The Bertz CT molecular complexity index is 523. The average molecular weight is 782 g/mol. The van der Waals surface area contributed by atoms with E-state index in [0.29, 0.717) is 0 Å². The largest absolute Gasteiger partial charge is 1.00 e. The number of halogens is 1. The van der Waals surface area contributed by atoms with E-state index >= 15 is 0 Å². The van der Waals surface area contributed by atoms with E-state index in [2.05, 4.69) is 60.4 Å². The van der Waals surface area contributed by atoms with Crippen LogP contribution in [0.3, 0.4) is 0 Å². The first-order valence-electron chi connectivity index (χ1n) is 13.1. The summed E-state index contributed by atoms with van der Waals surface area (Å²) in [6, 6.07) is 0. The van der Waals surface area contributed by atoms with Gasteiger partial charge >= 0.3 is 138 Å². The number of methoxy groups -OCH3 is 2. The van der Waals surface area contributed by atoms with Crippen LogP contribution >= 0.6 is 15.9 Å². The second-order valence-corrected chi connectivity index (χ2v) is 5.87. The summed E-state index contributed by atoms with van der Waals surface area (Å²) in [5.41, 5.74) is -0.931. The first-order chi connectivity index (χ1) is 19.1. The van der Waals surface area contributed by atoms with E-state index in [4.69, 9.17) is 31.5 Å². The molecule has 0 rings (SSSR count). The second-order valence-electron chi connectivity index (χ2n) is 4.74. The Hall–Kier alpha value is 1.68. The predicted molar refractivity (Wildman–Crippen MR) is 182 cm³/mol. The zero-order valence-corrected chi connectivity index (χ0v) is 43.1. The van der Waals surface area contributed by atoms with Crippen LogP contribution in [0.1, 0.15) is 119 Å². The van der Waals surface area contributed by atoms with Crippen LogP contribution in [0.15, 0.2) is 0 Å². The summed E-state index contributed by atoms with van der Waals surface area (Å²) in [6.45, 7) is 31.5. The van der Waals surface area contributed by atoms with E-state index in [1.165, 1.54) is 14.0 Å². The molecular formula is C31H68BrK2NaO10. The Morgan fingerprint density at radius 2 is 1.02 bits per heavy atom. The van der Waals surface area contributed by atoms with Crippen LogP contribution in [0.5, 0.6) is 0 Å². The van der Waals surface area contributed by atoms with Crippen LogP contribution in [-0.2, 0) is 28.7 Å². The fourth-order valence-corrected chi connectivity index (χ4v) is 0. The van der Waals surface area contributed by atoms with Gasteiger partial charge in [-0.3, -0.25) is 14.4 Å². The Balaban J connectivity index is -0.0000000134. The van der Waals surface area contributed by atoms with Gasteiger partial charge in [0.15, 0.2) is 0 Å². The number of esters is 1. The van der Waals surface area contributed by atoms with Crippen molar-refractivity contribution in [2.75, 3.05) is 26.2 Å². The van der Waals surface area contributed by atoms with Gasteiger partial charge in [-0.25, -0.2) is 0 Å². The number of carbonyl (C=O) groups excluding carboxylic acids is 2. The van der Waals surface area contributed by atoms with Crippen molar-refractivity contribution in [2.45, 2.75) is 123 Å². The molecule has 262 valence electrons. The van der Waals surface area contributed by atoms with Gasteiger partial charge in [0.25, 0.3) is 12.4 Å². The number of carboxylic acids is 1. The molecule has 0 spiro atoms. The van der Waals surface area contributed by atoms with E-state index in [1.54, 1.807) is 27.9 Å². The number of hydrogen-bond acceptors (Lipinski definition) is 9. The molecule has 0 aliphatic heterocycles. The normalized spacial score (nSPS) is 5.24. The number of alkyl halides is 1. The third kappa shape index (κ3) is 930. The van der Waals surface area contributed by atoms with E-state index in [-0.39, 0.29) is 152 Å². The molecule has 0 saturated carbocycles. The molecule has 0 unspecified atom stereocenters. The first-order valence-corrected chi connectivity index (χ1v) is 14.2. The summed E-state index contributed by atoms with van der Waals surface area (Å²) in [5.74, 6) is 8.69. The monoisotopic (exact) mass is 780 g/mol. The van der Waals surface area contributed by atoms with Gasteiger partial charge in [-0.2, -0.15) is 0 Å². The van der Waals surface area contributed by atoms with Gasteiger partial charge in [0, 0.05) is 32.9 Å². The van der Waals surface area contributed by atoms with Gasteiger partial charge in [-0.05, 0) is 41.5 Å². The molecule has 0 aromatic carbocycles. The number of aliphatic carboxylic acids is 1. The van der Waals surface area contributed by atoms with E-state index in [1.807, 2.05) is 83.1 Å². The first kappa shape index (κ1) is 103. The van der Waals surface area contributed by atoms with Crippen molar-refractivity contribution in [3.8, 4) is 36.5 Å². The Morgan fingerprint density at radius 3 is 1.02 bits per heavy atom. The van der Waals surface area contributed by atoms with Crippen LogP contribution in [0.25, 0.3) is 0 Å². The van der Waals surface area contributed by atoms with E-state index in [0.717, 1.165) is 18.9 Å². The SMILES string of the molecule is C#CC.C#CC(C)(C)O.CC.CC.CC.CC.CC#CC.CC(=O)O.CCBr.CCOC.COC(C)=O.O=CO[O-].[H-].[K+].[K+].[Na+].[OH-]. The molecule has 0 bridgehead atoms. The number of hydrogen-bond donors (Lipinski definition) is 2. The van der Waals surface area contributed by atoms with E-state index in [9.17, 15) is 4.79 Å². The van der Waals surface area contributed by atoms with Crippen LogP contribution in [0.4, 0.5) is 0 Å². The van der Waals surface area contributed by atoms with Gasteiger partial charge in [0.05, 0.1) is 7.11 Å². The van der Waals surface area contributed by atoms with Crippen molar-refractivity contribution in [3.63, 3.8) is 0 Å². The quantitative estimate of drug-likeness (QED) is 0.0600. The summed E-state index contributed by atoms with van der Waals surface area (Å²) in [6.07, 6.45) is 9.40. The molecule has 0 fully saturated rings. The molecule has 3 N–H and O–H groups in total. The van der Waals surface area contributed by atoms with Gasteiger partial charge in [0.2, 0.25) is 0 Å². The van der Waals surface area contributed by atoms with Crippen molar-refractivity contribution >= 4 is 34.3 Å². The van der Waals surface area contributed by atoms with Crippen molar-refractivity contribution in [1.29, 1.82) is 0 Å². The number of terminal acetylenes is 2. The molecule has 0 aliphatic carbocycles. The van der Waals surface area contributed by atoms with Crippen LogP contribution < -0.4 is 138 Å². The molecule has 14 heteroatoms.